The van der Waals surface area contributed by atoms with Gasteiger partial charge in [0.25, 0.3) is 0 Å². The second-order valence-electron chi connectivity index (χ2n) is 6.77. The van der Waals surface area contributed by atoms with Crippen LogP contribution in [0.1, 0.15) is 12.6 Å². The molecule has 7 nitrogen and oxygen atoms in total. The third kappa shape index (κ3) is 4.18. The number of anilines is 3. The molecule has 4 rings (SSSR count). The summed E-state index contributed by atoms with van der Waals surface area (Å²) in [5, 5.41) is 2.79. The van der Waals surface area contributed by atoms with Gasteiger partial charge < -0.3 is 9.80 Å². The van der Waals surface area contributed by atoms with Gasteiger partial charge in [-0.25, -0.2) is 15.0 Å². The minimum atomic E-state index is -0.0316. The van der Waals surface area contributed by atoms with Crippen molar-refractivity contribution in [3.63, 3.8) is 0 Å². The van der Waals surface area contributed by atoms with E-state index in [0.717, 1.165) is 55.2 Å². The average Bonchev–Trinajstić information content (AvgIpc) is 3.17. The van der Waals surface area contributed by atoms with Crippen molar-refractivity contribution in [3.8, 4) is 0 Å². The molecule has 3 aromatic rings. The first kappa shape index (κ1) is 18.5. The number of para-hydroxylation sites is 1. The monoisotopic (exact) mass is 395 g/mol. The number of quaternary nitrogens is 1. The molecule has 1 saturated heterocycles. The van der Waals surface area contributed by atoms with Crippen LogP contribution in [0.3, 0.4) is 0 Å². The molecule has 144 valence electrons. The zero-order valence-electron chi connectivity index (χ0n) is 15.8. The number of rotatable bonds is 5. The van der Waals surface area contributed by atoms with Crippen molar-refractivity contribution in [2.24, 2.45) is 0 Å². The van der Waals surface area contributed by atoms with Crippen LogP contribution in [0.25, 0.3) is 0 Å². The second kappa shape index (κ2) is 8.45. The van der Waals surface area contributed by atoms with E-state index in [0.29, 0.717) is 0 Å². The molecular weight excluding hydrogens is 372 g/mol. The predicted octanol–water partition coefficient (Wildman–Crippen LogP) is 1.52. The molecular formula is C20H23N6OS+. The molecule has 1 fully saturated rings. The van der Waals surface area contributed by atoms with Crippen LogP contribution in [0.2, 0.25) is 0 Å². The Balaban J connectivity index is 1.39. The highest BCUT2D eigenvalue weighted by molar-refractivity contribution is 7.14. The Bertz CT molecular complexity index is 909. The summed E-state index contributed by atoms with van der Waals surface area (Å²) >= 11 is 1.52. The number of carbonyl (C=O) groups is 1. The van der Waals surface area contributed by atoms with Gasteiger partial charge in [-0.2, -0.15) is 0 Å². The molecule has 1 N–H and O–H groups in total. The van der Waals surface area contributed by atoms with Crippen LogP contribution in [-0.4, -0.2) is 47.0 Å². The number of aromatic nitrogens is 3. The predicted molar refractivity (Wildman–Crippen MR) is 110 cm³/mol. The lowest BCUT2D eigenvalue weighted by Gasteiger charge is -2.31. The quantitative estimate of drug-likeness (QED) is 0.710. The Morgan fingerprint density at radius 3 is 2.54 bits per heavy atom. The number of nitrogens with one attached hydrogen (secondary N) is 1. The van der Waals surface area contributed by atoms with E-state index in [1.165, 1.54) is 16.2 Å². The summed E-state index contributed by atoms with van der Waals surface area (Å²) in [5.41, 5.74) is 1.88. The number of piperazine rings is 1. The topological polar surface area (TPSA) is 66.7 Å². The van der Waals surface area contributed by atoms with E-state index in [4.69, 9.17) is 4.98 Å². The highest BCUT2D eigenvalue weighted by Crippen LogP contribution is 2.28. The molecule has 0 saturated carbocycles. The Morgan fingerprint density at radius 2 is 1.86 bits per heavy atom. The molecule has 1 aliphatic rings. The summed E-state index contributed by atoms with van der Waals surface area (Å²) in [6.45, 7) is 6.32. The number of carbonyl (C=O) groups excluding carboxylic acids is 1. The molecule has 1 amide bonds. The minimum absolute atomic E-state index is 0.0316. The van der Waals surface area contributed by atoms with Crippen molar-refractivity contribution in [2.75, 3.05) is 36.0 Å². The van der Waals surface area contributed by atoms with E-state index >= 15 is 0 Å². The van der Waals surface area contributed by atoms with Gasteiger partial charge in [-0.05, 0) is 18.2 Å². The van der Waals surface area contributed by atoms with Crippen molar-refractivity contribution < 1.29 is 9.69 Å². The van der Waals surface area contributed by atoms with Crippen LogP contribution in [-0.2, 0) is 11.3 Å². The lowest BCUT2D eigenvalue weighted by atomic mass is 10.3. The number of hydrogen-bond acceptors (Lipinski definition) is 6. The van der Waals surface area contributed by atoms with Crippen molar-refractivity contribution in [1.29, 1.82) is 0 Å². The van der Waals surface area contributed by atoms with E-state index in [1.807, 2.05) is 36.4 Å². The molecule has 0 radical (unpaired) electrons. The number of thiazole rings is 1. The maximum Gasteiger partial charge on any atom is 0.230 e. The fourth-order valence-electron chi connectivity index (χ4n) is 3.39. The fourth-order valence-corrected chi connectivity index (χ4v) is 4.28. The first-order valence-corrected chi connectivity index (χ1v) is 10.2. The maximum absolute atomic E-state index is 12.2. The smallest absolute Gasteiger partial charge is 0.230 e. The zero-order valence-corrected chi connectivity index (χ0v) is 16.6. The minimum Gasteiger partial charge on any atom is -0.330 e. The molecule has 0 atom stereocenters. The third-order valence-corrected chi connectivity index (χ3v) is 5.67. The first-order valence-electron chi connectivity index (χ1n) is 9.36. The van der Waals surface area contributed by atoms with Gasteiger partial charge in [-0.15, -0.1) is 11.3 Å². The highest BCUT2D eigenvalue weighted by Gasteiger charge is 2.24. The molecule has 0 unspecified atom stereocenters. The van der Waals surface area contributed by atoms with E-state index in [2.05, 4.69) is 20.2 Å². The van der Waals surface area contributed by atoms with Crippen molar-refractivity contribution in [3.05, 3.63) is 59.9 Å². The van der Waals surface area contributed by atoms with Crippen LogP contribution < -0.4 is 14.7 Å². The molecule has 1 aliphatic heterocycles. The van der Waals surface area contributed by atoms with Crippen LogP contribution in [0.15, 0.2) is 54.2 Å². The molecule has 3 heterocycles. The Morgan fingerprint density at radius 1 is 1.14 bits per heavy atom. The largest absolute Gasteiger partial charge is 0.330 e. The van der Waals surface area contributed by atoms with Gasteiger partial charge in [0, 0.05) is 24.7 Å². The number of nitrogens with zero attached hydrogens (tertiary/aromatic N) is 5. The summed E-state index contributed by atoms with van der Waals surface area (Å²) in [4.78, 5) is 31.0. The van der Waals surface area contributed by atoms with Gasteiger partial charge in [-0.1, -0.05) is 18.2 Å². The summed E-state index contributed by atoms with van der Waals surface area (Å²) < 4.78 is 0. The van der Waals surface area contributed by atoms with Crippen LogP contribution >= 0.6 is 11.3 Å². The number of benzene rings is 1. The summed E-state index contributed by atoms with van der Waals surface area (Å²) in [7, 11) is 0. The molecule has 0 spiro atoms. The fraction of sp³-hybridized carbons (Fsp3) is 0.300. The van der Waals surface area contributed by atoms with Gasteiger partial charge >= 0.3 is 0 Å². The van der Waals surface area contributed by atoms with Gasteiger partial charge in [0.05, 0.1) is 31.9 Å². The van der Waals surface area contributed by atoms with Gasteiger partial charge in [0.15, 0.2) is 5.13 Å². The lowest BCUT2D eigenvalue weighted by Crippen LogP contribution is -3.13. The lowest BCUT2D eigenvalue weighted by molar-refractivity contribution is -0.914. The Kier molecular flexibility index (Phi) is 5.59. The van der Waals surface area contributed by atoms with Crippen LogP contribution in [0, 0.1) is 0 Å². The normalized spacial score (nSPS) is 14.8. The Hall–Kier alpha value is -2.84. The molecule has 2 aromatic heterocycles. The molecule has 28 heavy (non-hydrogen) atoms. The van der Waals surface area contributed by atoms with Crippen LogP contribution in [0.5, 0.6) is 0 Å². The molecule has 0 bridgehead atoms. The summed E-state index contributed by atoms with van der Waals surface area (Å²) in [5.74, 6) is 0.772. The summed E-state index contributed by atoms with van der Waals surface area (Å²) in [6.07, 6.45) is 3.57. The zero-order chi connectivity index (χ0) is 19.3. The standard InChI is InChI=1S/C20H22N6OS/c1-16(27)26(18-6-3-2-4-7-18)20-23-17(15-28-20)14-24-10-12-25(13-11-24)19-21-8-5-9-22-19/h2-9,15H,10-14H2,1H3/p+1. The van der Waals surface area contributed by atoms with Gasteiger partial charge in [0.2, 0.25) is 11.9 Å². The van der Waals surface area contributed by atoms with Crippen molar-refractivity contribution in [1.82, 2.24) is 15.0 Å². The SMILES string of the molecule is CC(=O)N(c1ccccc1)c1nc(C[NH+]2CCN(c3ncccn3)CC2)cs1. The van der Waals surface area contributed by atoms with Crippen molar-refractivity contribution in [2.45, 2.75) is 13.5 Å². The van der Waals surface area contributed by atoms with Gasteiger partial charge in [0.1, 0.15) is 12.2 Å². The van der Waals surface area contributed by atoms with E-state index in [9.17, 15) is 4.79 Å². The first-order chi connectivity index (χ1) is 13.7. The number of amides is 1. The molecule has 1 aromatic carbocycles. The van der Waals surface area contributed by atoms with E-state index in [-0.39, 0.29) is 5.91 Å². The molecule has 8 heteroatoms. The van der Waals surface area contributed by atoms with Gasteiger partial charge in [-0.3, -0.25) is 9.69 Å². The van der Waals surface area contributed by atoms with E-state index in [1.54, 1.807) is 24.2 Å². The second-order valence-corrected chi connectivity index (χ2v) is 7.61. The van der Waals surface area contributed by atoms with E-state index < -0.39 is 0 Å². The highest BCUT2D eigenvalue weighted by atomic mass is 32.1. The molecule has 0 aliphatic carbocycles. The Labute approximate surface area is 168 Å². The third-order valence-electron chi connectivity index (χ3n) is 4.80. The average molecular weight is 396 g/mol. The maximum atomic E-state index is 12.2. The van der Waals surface area contributed by atoms with Crippen LogP contribution in [0.4, 0.5) is 16.8 Å². The number of hydrogen-bond donors (Lipinski definition) is 1. The van der Waals surface area contributed by atoms with Crippen molar-refractivity contribution >= 4 is 34.0 Å². The summed E-state index contributed by atoms with van der Waals surface area (Å²) in [6, 6.07) is 11.5.